The van der Waals surface area contributed by atoms with Crippen LogP contribution in [0, 0.1) is 0 Å². The number of oxime groups is 1. The minimum Gasteiger partial charge on any atom is -0.411 e. The highest BCUT2D eigenvalue weighted by molar-refractivity contribution is 6.30. The smallest absolute Gasteiger partial charge is 0.196 e. The number of carbonyl (C=O) groups is 2. The number of rotatable bonds is 1. The van der Waals surface area contributed by atoms with Crippen molar-refractivity contribution in [3.8, 4) is 0 Å². The number of hydrogen-bond donors (Lipinski definition) is 2. The van der Waals surface area contributed by atoms with Crippen molar-refractivity contribution < 1.29 is 14.8 Å². The molecule has 98 valence electrons. The first-order valence-corrected chi connectivity index (χ1v) is 5.93. The summed E-state index contributed by atoms with van der Waals surface area (Å²) in [6.07, 6.45) is 1.13. The van der Waals surface area contributed by atoms with Gasteiger partial charge in [0.15, 0.2) is 11.6 Å². The molecule has 0 saturated heterocycles. The molecule has 0 saturated carbocycles. The Morgan fingerprint density at radius 1 is 0.950 bits per heavy atom. The SMILES string of the molecule is Nc1c(/C=N/O)ccc2c1C(=O)c1ccccc1C2=O. The number of nitrogens with zero attached hydrogens (tertiary/aromatic N) is 1. The first-order valence-electron chi connectivity index (χ1n) is 5.93. The molecular formula is C15H10N2O3. The van der Waals surface area contributed by atoms with Crippen molar-refractivity contribution in [1.82, 2.24) is 0 Å². The maximum absolute atomic E-state index is 12.5. The van der Waals surface area contributed by atoms with E-state index in [2.05, 4.69) is 5.16 Å². The van der Waals surface area contributed by atoms with Crippen LogP contribution in [0.5, 0.6) is 0 Å². The van der Waals surface area contributed by atoms with Crippen LogP contribution in [0.25, 0.3) is 0 Å². The second-order valence-corrected chi connectivity index (χ2v) is 4.44. The third-order valence-electron chi connectivity index (χ3n) is 3.36. The maximum Gasteiger partial charge on any atom is 0.196 e. The topological polar surface area (TPSA) is 92.8 Å². The van der Waals surface area contributed by atoms with E-state index in [1.807, 2.05) is 0 Å². The van der Waals surface area contributed by atoms with E-state index in [-0.39, 0.29) is 28.4 Å². The third-order valence-corrected chi connectivity index (χ3v) is 3.36. The molecule has 5 nitrogen and oxygen atoms in total. The zero-order valence-corrected chi connectivity index (χ0v) is 10.3. The van der Waals surface area contributed by atoms with Crippen molar-refractivity contribution >= 4 is 23.5 Å². The van der Waals surface area contributed by atoms with Gasteiger partial charge in [-0.3, -0.25) is 9.59 Å². The Morgan fingerprint density at radius 2 is 1.60 bits per heavy atom. The van der Waals surface area contributed by atoms with Crippen molar-refractivity contribution in [2.75, 3.05) is 5.73 Å². The normalized spacial score (nSPS) is 13.4. The number of benzene rings is 2. The molecule has 3 N–H and O–H groups in total. The van der Waals surface area contributed by atoms with E-state index in [1.54, 1.807) is 30.3 Å². The summed E-state index contributed by atoms with van der Waals surface area (Å²) in [4.78, 5) is 24.9. The Balaban J connectivity index is 2.31. The van der Waals surface area contributed by atoms with Crippen LogP contribution in [0.2, 0.25) is 0 Å². The van der Waals surface area contributed by atoms with Crippen LogP contribution in [0.4, 0.5) is 5.69 Å². The molecule has 2 aromatic carbocycles. The van der Waals surface area contributed by atoms with Crippen LogP contribution < -0.4 is 5.73 Å². The van der Waals surface area contributed by atoms with Gasteiger partial charge in [0, 0.05) is 22.3 Å². The largest absolute Gasteiger partial charge is 0.411 e. The monoisotopic (exact) mass is 266 g/mol. The molecule has 0 aromatic heterocycles. The summed E-state index contributed by atoms with van der Waals surface area (Å²) in [5.74, 6) is -0.518. The molecule has 0 unspecified atom stereocenters. The highest BCUT2D eigenvalue weighted by atomic mass is 16.4. The Labute approximate surface area is 114 Å². The Hall–Kier alpha value is -2.95. The highest BCUT2D eigenvalue weighted by Gasteiger charge is 2.31. The van der Waals surface area contributed by atoms with E-state index in [1.165, 1.54) is 6.07 Å². The van der Waals surface area contributed by atoms with E-state index in [0.29, 0.717) is 16.7 Å². The summed E-state index contributed by atoms with van der Waals surface area (Å²) >= 11 is 0. The average Bonchev–Trinajstić information content (AvgIpc) is 2.47. The van der Waals surface area contributed by atoms with Crippen LogP contribution in [0.1, 0.15) is 37.4 Å². The summed E-state index contributed by atoms with van der Waals surface area (Å²) in [7, 11) is 0. The van der Waals surface area contributed by atoms with E-state index >= 15 is 0 Å². The number of carbonyl (C=O) groups excluding carboxylic acids is 2. The van der Waals surface area contributed by atoms with Crippen molar-refractivity contribution in [3.63, 3.8) is 0 Å². The average molecular weight is 266 g/mol. The lowest BCUT2D eigenvalue weighted by molar-refractivity contribution is 0.0979. The van der Waals surface area contributed by atoms with Gasteiger partial charge < -0.3 is 10.9 Å². The molecule has 0 bridgehead atoms. The lowest BCUT2D eigenvalue weighted by Gasteiger charge is -2.19. The molecule has 0 atom stereocenters. The number of nitrogen functional groups attached to an aromatic ring is 1. The second kappa shape index (κ2) is 4.31. The van der Waals surface area contributed by atoms with Gasteiger partial charge in [0.05, 0.1) is 17.5 Å². The number of fused-ring (bicyclic) bond motifs is 2. The molecule has 0 spiro atoms. The zero-order valence-electron chi connectivity index (χ0n) is 10.3. The number of ketones is 2. The van der Waals surface area contributed by atoms with Gasteiger partial charge in [-0.25, -0.2) is 0 Å². The molecule has 0 amide bonds. The third kappa shape index (κ3) is 1.53. The van der Waals surface area contributed by atoms with Crippen LogP contribution >= 0.6 is 0 Å². The molecule has 20 heavy (non-hydrogen) atoms. The lowest BCUT2D eigenvalue weighted by Crippen LogP contribution is -2.22. The predicted molar refractivity (Wildman–Crippen MR) is 73.5 cm³/mol. The molecule has 0 radical (unpaired) electrons. The molecule has 0 heterocycles. The standard InChI is InChI=1S/C15H10N2O3/c16-13-8(7-17-20)5-6-11-12(13)15(19)10-4-2-1-3-9(10)14(11)18/h1-7,20H,16H2/b17-7+. The van der Waals surface area contributed by atoms with Gasteiger partial charge in [-0.05, 0) is 6.07 Å². The van der Waals surface area contributed by atoms with Gasteiger partial charge in [-0.2, -0.15) is 0 Å². The molecule has 2 aromatic rings. The van der Waals surface area contributed by atoms with Crippen LogP contribution in [-0.4, -0.2) is 23.0 Å². The second-order valence-electron chi connectivity index (χ2n) is 4.44. The number of anilines is 1. The Bertz CT molecular complexity index is 779. The Morgan fingerprint density at radius 3 is 2.25 bits per heavy atom. The van der Waals surface area contributed by atoms with E-state index < -0.39 is 0 Å². The summed E-state index contributed by atoms with van der Waals surface area (Å²) in [6, 6.07) is 9.71. The van der Waals surface area contributed by atoms with E-state index in [9.17, 15) is 9.59 Å². The summed E-state index contributed by atoms with van der Waals surface area (Å²) in [6.45, 7) is 0. The van der Waals surface area contributed by atoms with Gasteiger partial charge >= 0.3 is 0 Å². The summed E-state index contributed by atoms with van der Waals surface area (Å²) < 4.78 is 0. The molecule has 0 fully saturated rings. The molecule has 3 rings (SSSR count). The molecule has 5 heteroatoms. The maximum atomic E-state index is 12.5. The molecule has 1 aliphatic carbocycles. The fourth-order valence-corrected chi connectivity index (χ4v) is 2.40. The van der Waals surface area contributed by atoms with Crippen LogP contribution in [-0.2, 0) is 0 Å². The number of hydrogen-bond acceptors (Lipinski definition) is 5. The highest BCUT2D eigenvalue weighted by Crippen LogP contribution is 2.32. The van der Waals surface area contributed by atoms with Crippen LogP contribution in [0.15, 0.2) is 41.6 Å². The first kappa shape index (κ1) is 12.1. The summed E-state index contributed by atoms with van der Waals surface area (Å²) in [5.41, 5.74) is 7.64. The van der Waals surface area contributed by atoms with Gasteiger partial charge in [0.2, 0.25) is 0 Å². The fourth-order valence-electron chi connectivity index (χ4n) is 2.40. The number of nitrogens with two attached hydrogens (primary N) is 1. The fraction of sp³-hybridized carbons (Fsp3) is 0. The van der Waals surface area contributed by atoms with Gasteiger partial charge in [-0.15, -0.1) is 0 Å². The minimum atomic E-state index is -0.291. The van der Waals surface area contributed by atoms with E-state index in [4.69, 9.17) is 10.9 Å². The zero-order chi connectivity index (χ0) is 14.3. The van der Waals surface area contributed by atoms with Gasteiger partial charge in [-0.1, -0.05) is 35.5 Å². The van der Waals surface area contributed by atoms with Crippen molar-refractivity contribution in [2.45, 2.75) is 0 Å². The van der Waals surface area contributed by atoms with Crippen molar-refractivity contribution in [3.05, 3.63) is 64.2 Å². The molecule has 0 aliphatic heterocycles. The first-order chi connectivity index (χ1) is 9.65. The van der Waals surface area contributed by atoms with Gasteiger partial charge in [0.25, 0.3) is 0 Å². The van der Waals surface area contributed by atoms with Crippen molar-refractivity contribution in [1.29, 1.82) is 0 Å². The van der Waals surface area contributed by atoms with Crippen molar-refractivity contribution in [2.24, 2.45) is 5.16 Å². The van der Waals surface area contributed by atoms with E-state index in [0.717, 1.165) is 6.21 Å². The quantitative estimate of drug-likeness (QED) is 0.304. The molecular weight excluding hydrogens is 256 g/mol. The van der Waals surface area contributed by atoms with Crippen LogP contribution in [0.3, 0.4) is 0 Å². The summed E-state index contributed by atoms with van der Waals surface area (Å²) in [5, 5.41) is 11.5. The molecule has 1 aliphatic rings. The lowest BCUT2D eigenvalue weighted by atomic mass is 9.82. The van der Waals surface area contributed by atoms with Gasteiger partial charge in [0.1, 0.15) is 0 Å². The Kier molecular flexibility index (Phi) is 2.61. The minimum absolute atomic E-state index is 0.146. The predicted octanol–water partition coefficient (Wildman–Crippen LogP) is 1.85.